The van der Waals surface area contributed by atoms with Gasteiger partial charge in [-0.25, -0.2) is 4.79 Å². The molecule has 0 aromatic carbocycles. The molecule has 6 atom stereocenters. The summed E-state index contributed by atoms with van der Waals surface area (Å²) in [6.07, 6.45) is -7.73. The van der Waals surface area contributed by atoms with E-state index in [-0.39, 0.29) is 0 Å². The van der Waals surface area contributed by atoms with E-state index in [1.807, 2.05) is 0 Å². The minimum atomic E-state index is -2.83. The third-order valence-corrected chi connectivity index (χ3v) is 3.79. The Balaban J connectivity index is 3.10. The molecule has 0 aliphatic carbocycles. The van der Waals surface area contributed by atoms with Gasteiger partial charge in [0.25, 0.3) is 5.79 Å². The van der Waals surface area contributed by atoms with Gasteiger partial charge in [0.15, 0.2) is 0 Å². The van der Waals surface area contributed by atoms with Gasteiger partial charge in [-0.05, 0) is 0 Å². The summed E-state index contributed by atoms with van der Waals surface area (Å²) in [4.78, 5) is 34.3. The molecular formula is C13H21NO10S. The zero-order valence-electron chi connectivity index (χ0n) is 13.2. The molecule has 1 aliphatic heterocycles. The van der Waals surface area contributed by atoms with E-state index in [1.165, 1.54) is 0 Å². The lowest BCUT2D eigenvalue weighted by molar-refractivity contribution is -0.295. The van der Waals surface area contributed by atoms with Crippen LogP contribution in [0, 0.1) is 0 Å². The third-order valence-electron chi connectivity index (χ3n) is 3.53. The highest BCUT2D eigenvalue weighted by molar-refractivity contribution is 7.81. The van der Waals surface area contributed by atoms with Crippen LogP contribution in [-0.2, 0) is 23.9 Å². The van der Waals surface area contributed by atoms with Crippen LogP contribution in [0.15, 0.2) is 0 Å². The minimum Gasteiger partial charge on any atom is -0.394 e. The van der Waals surface area contributed by atoms with Gasteiger partial charge >= 0.3 is 11.9 Å². The summed E-state index contributed by atoms with van der Waals surface area (Å²) in [5.74, 6) is -6.55. The molecule has 0 aromatic heterocycles. The van der Waals surface area contributed by atoms with Crippen molar-refractivity contribution in [3.05, 3.63) is 0 Å². The van der Waals surface area contributed by atoms with Gasteiger partial charge in [0, 0.05) is 13.3 Å². The number of aliphatic hydroxyl groups is 5. The topological polar surface area (TPSA) is 183 Å². The monoisotopic (exact) mass is 383 g/mol. The van der Waals surface area contributed by atoms with Gasteiger partial charge in [-0.15, -0.1) is 0 Å². The number of hydrogen-bond acceptors (Lipinski definition) is 11. The number of hydrogen-bond donors (Lipinski definition) is 7. The standard InChI is InChI=1S/C13H21NO10S/c1-5(16)14-9-6(17)2-13(22,12(21)23-8(19)4-25)24-11(9)10(20)7(18)3-15/h6-7,9-11,15,17-18,20,22,25H,2-4H2,1H3,(H,14,16)/t6-,7+,9+,10?,11+,13+/m0/s1. The van der Waals surface area contributed by atoms with E-state index in [0.29, 0.717) is 0 Å². The molecule has 11 nitrogen and oxygen atoms in total. The van der Waals surface area contributed by atoms with E-state index >= 15 is 0 Å². The molecule has 0 bridgehead atoms. The van der Waals surface area contributed by atoms with Crippen molar-refractivity contribution in [2.45, 2.75) is 49.6 Å². The fourth-order valence-electron chi connectivity index (χ4n) is 2.34. The minimum absolute atomic E-state index is 0.464. The van der Waals surface area contributed by atoms with Crippen LogP contribution in [0.25, 0.3) is 0 Å². The summed E-state index contributed by atoms with van der Waals surface area (Å²) >= 11 is 3.59. The summed E-state index contributed by atoms with van der Waals surface area (Å²) < 4.78 is 9.36. The number of carbonyl (C=O) groups excluding carboxylic acids is 3. The van der Waals surface area contributed by atoms with Crippen LogP contribution >= 0.6 is 12.6 Å². The van der Waals surface area contributed by atoms with Crippen molar-refractivity contribution in [1.82, 2.24) is 5.32 Å². The average Bonchev–Trinajstić information content (AvgIpc) is 2.55. The van der Waals surface area contributed by atoms with Crippen molar-refractivity contribution < 1.29 is 49.4 Å². The first-order valence-electron chi connectivity index (χ1n) is 7.24. The van der Waals surface area contributed by atoms with Gasteiger partial charge in [0.2, 0.25) is 5.91 Å². The van der Waals surface area contributed by atoms with Crippen molar-refractivity contribution >= 4 is 30.5 Å². The Bertz CT molecular complexity index is 517. The molecule has 1 amide bonds. The maximum atomic E-state index is 11.9. The molecule has 25 heavy (non-hydrogen) atoms. The highest BCUT2D eigenvalue weighted by Gasteiger charge is 2.54. The van der Waals surface area contributed by atoms with E-state index < -0.39 is 72.9 Å². The average molecular weight is 383 g/mol. The second-order valence-electron chi connectivity index (χ2n) is 5.52. The molecule has 144 valence electrons. The van der Waals surface area contributed by atoms with Crippen LogP contribution in [-0.4, -0.2) is 92.0 Å². The Labute approximate surface area is 148 Å². The summed E-state index contributed by atoms with van der Waals surface area (Å²) in [5.41, 5.74) is 0. The molecule has 1 saturated heterocycles. The molecule has 1 unspecified atom stereocenters. The van der Waals surface area contributed by atoms with Crippen molar-refractivity contribution in [3.63, 3.8) is 0 Å². The molecular weight excluding hydrogens is 362 g/mol. The smallest absolute Gasteiger partial charge is 0.374 e. The molecule has 0 aromatic rings. The molecule has 12 heteroatoms. The number of ether oxygens (including phenoxy) is 2. The Morgan fingerprint density at radius 2 is 2.00 bits per heavy atom. The van der Waals surface area contributed by atoms with E-state index in [2.05, 4.69) is 22.7 Å². The summed E-state index contributed by atoms with van der Waals surface area (Å²) in [5, 5.41) is 51.2. The predicted octanol–water partition coefficient (Wildman–Crippen LogP) is -3.96. The molecule has 6 N–H and O–H groups in total. The van der Waals surface area contributed by atoms with Crippen LogP contribution in [0.5, 0.6) is 0 Å². The lowest BCUT2D eigenvalue weighted by Crippen LogP contribution is -2.67. The number of nitrogens with one attached hydrogen (secondary N) is 1. The van der Waals surface area contributed by atoms with E-state index in [4.69, 9.17) is 9.84 Å². The number of amides is 1. The van der Waals surface area contributed by atoms with Gasteiger partial charge < -0.3 is 40.3 Å². The van der Waals surface area contributed by atoms with Gasteiger partial charge in [0.1, 0.15) is 18.3 Å². The summed E-state index contributed by atoms with van der Waals surface area (Å²) in [6, 6.07) is -1.32. The van der Waals surface area contributed by atoms with Crippen molar-refractivity contribution in [2.24, 2.45) is 0 Å². The number of aliphatic hydroxyl groups excluding tert-OH is 4. The predicted molar refractivity (Wildman–Crippen MR) is 82.1 cm³/mol. The van der Waals surface area contributed by atoms with Crippen LogP contribution in [0.4, 0.5) is 0 Å². The van der Waals surface area contributed by atoms with E-state index in [9.17, 15) is 34.8 Å². The Kier molecular flexibility index (Phi) is 7.74. The van der Waals surface area contributed by atoms with Crippen LogP contribution in [0.1, 0.15) is 13.3 Å². The van der Waals surface area contributed by atoms with Gasteiger partial charge in [-0.3, -0.25) is 9.59 Å². The maximum Gasteiger partial charge on any atom is 0.374 e. The van der Waals surface area contributed by atoms with Crippen molar-refractivity contribution in [1.29, 1.82) is 0 Å². The number of thiol groups is 1. The van der Waals surface area contributed by atoms with Crippen LogP contribution in [0.2, 0.25) is 0 Å². The van der Waals surface area contributed by atoms with Crippen LogP contribution in [0.3, 0.4) is 0 Å². The van der Waals surface area contributed by atoms with Gasteiger partial charge in [-0.1, -0.05) is 0 Å². The second kappa shape index (κ2) is 8.89. The third kappa shape index (κ3) is 5.34. The van der Waals surface area contributed by atoms with Gasteiger partial charge in [0.05, 0.1) is 24.5 Å². The van der Waals surface area contributed by atoms with E-state index in [0.717, 1.165) is 6.92 Å². The first-order chi connectivity index (χ1) is 11.6. The fraction of sp³-hybridized carbons (Fsp3) is 0.769. The maximum absolute atomic E-state index is 11.9. The molecule has 0 radical (unpaired) electrons. The number of carbonyl (C=O) groups is 3. The lowest BCUT2D eigenvalue weighted by atomic mass is 9.88. The first kappa shape index (κ1) is 21.8. The molecule has 0 saturated carbocycles. The van der Waals surface area contributed by atoms with Crippen LogP contribution < -0.4 is 5.32 Å². The molecule has 0 spiro atoms. The van der Waals surface area contributed by atoms with E-state index in [1.54, 1.807) is 0 Å². The molecule has 1 rings (SSSR count). The quantitative estimate of drug-likeness (QED) is 0.136. The Hall–Kier alpha value is -1.28. The number of esters is 2. The molecule has 1 fully saturated rings. The number of rotatable bonds is 6. The Morgan fingerprint density at radius 3 is 2.48 bits per heavy atom. The van der Waals surface area contributed by atoms with Crippen molar-refractivity contribution in [2.75, 3.05) is 12.4 Å². The molecule has 1 aliphatic rings. The lowest BCUT2D eigenvalue weighted by Gasteiger charge is -2.44. The zero-order valence-corrected chi connectivity index (χ0v) is 14.1. The normalized spacial score (nSPS) is 31.7. The van der Waals surface area contributed by atoms with Gasteiger partial charge in [-0.2, -0.15) is 12.6 Å². The summed E-state index contributed by atoms with van der Waals surface area (Å²) in [7, 11) is 0. The van der Waals surface area contributed by atoms with Crippen molar-refractivity contribution in [3.8, 4) is 0 Å². The zero-order chi connectivity index (χ0) is 19.4. The highest BCUT2D eigenvalue weighted by atomic mass is 32.1. The second-order valence-corrected chi connectivity index (χ2v) is 5.84. The largest absolute Gasteiger partial charge is 0.394 e. The first-order valence-corrected chi connectivity index (χ1v) is 7.87. The fourth-order valence-corrected chi connectivity index (χ4v) is 2.41. The highest BCUT2D eigenvalue weighted by Crippen LogP contribution is 2.31. The Morgan fingerprint density at radius 1 is 1.40 bits per heavy atom. The molecule has 1 heterocycles. The SMILES string of the molecule is CC(=O)N[C@@H]1[C@@H](O)C[C@](O)(C(=O)OC(=O)CS)O[C@H]1C(O)[C@H](O)CO. The summed E-state index contributed by atoms with van der Waals surface area (Å²) in [6.45, 7) is 0.212.